The molecule has 3 aromatic rings. The van der Waals surface area contributed by atoms with E-state index in [0.29, 0.717) is 18.0 Å². The fourth-order valence-electron chi connectivity index (χ4n) is 3.11. The van der Waals surface area contributed by atoms with E-state index >= 15 is 0 Å². The molecule has 1 aliphatic rings. The molecule has 1 unspecified atom stereocenters. The number of furan rings is 1. The van der Waals surface area contributed by atoms with Crippen LogP contribution >= 0.6 is 0 Å². The van der Waals surface area contributed by atoms with Crippen LogP contribution in [-0.2, 0) is 0 Å². The van der Waals surface area contributed by atoms with Crippen LogP contribution in [0.25, 0.3) is 11.5 Å². The van der Waals surface area contributed by atoms with E-state index in [1.807, 2.05) is 35.2 Å². The van der Waals surface area contributed by atoms with Crippen molar-refractivity contribution in [3.63, 3.8) is 0 Å². The minimum Gasteiger partial charge on any atom is -0.463 e. The van der Waals surface area contributed by atoms with Gasteiger partial charge in [0.1, 0.15) is 11.7 Å². The van der Waals surface area contributed by atoms with Crippen molar-refractivity contribution in [1.29, 1.82) is 0 Å². The molecule has 0 radical (unpaired) electrons. The maximum absolute atomic E-state index is 12.7. The summed E-state index contributed by atoms with van der Waals surface area (Å²) in [5.41, 5.74) is 2.88. The normalized spacial score (nSPS) is 16.8. The van der Waals surface area contributed by atoms with Crippen molar-refractivity contribution in [3.05, 3.63) is 59.7 Å². The number of carbonyl (C=O) groups excluding carboxylic acids is 1. The largest absolute Gasteiger partial charge is 0.463 e. The van der Waals surface area contributed by atoms with Crippen LogP contribution < -0.4 is 0 Å². The Hall–Kier alpha value is -2.89. The molecule has 23 heavy (non-hydrogen) atoms. The highest BCUT2D eigenvalue weighted by molar-refractivity contribution is 5.99. The van der Waals surface area contributed by atoms with Gasteiger partial charge in [0.15, 0.2) is 11.5 Å². The van der Waals surface area contributed by atoms with Gasteiger partial charge in [0.25, 0.3) is 5.91 Å². The van der Waals surface area contributed by atoms with Crippen LogP contribution in [0.4, 0.5) is 0 Å². The zero-order chi connectivity index (χ0) is 15.8. The van der Waals surface area contributed by atoms with E-state index in [-0.39, 0.29) is 11.9 Å². The van der Waals surface area contributed by atoms with Gasteiger partial charge in [0, 0.05) is 18.3 Å². The Bertz CT molecular complexity index is 824. The number of pyridine rings is 1. The van der Waals surface area contributed by atoms with E-state index < -0.39 is 0 Å². The summed E-state index contributed by atoms with van der Waals surface area (Å²) in [6.45, 7) is 2.72. The van der Waals surface area contributed by atoms with Crippen molar-refractivity contribution < 1.29 is 9.21 Å². The van der Waals surface area contributed by atoms with Crippen LogP contribution in [0, 0.1) is 0 Å². The van der Waals surface area contributed by atoms with Gasteiger partial charge in [-0.15, -0.1) is 0 Å². The van der Waals surface area contributed by atoms with E-state index in [0.717, 1.165) is 23.4 Å². The molecule has 1 amide bonds. The lowest BCUT2D eigenvalue weighted by Crippen LogP contribution is -2.30. The lowest BCUT2D eigenvalue weighted by molar-refractivity contribution is 0.0741. The van der Waals surface area contributed by atoms with Crippen molar-refractivity contribution in [1.82, 2.24) is 20.1 Å². The smallest absolute Gasteiger partial charge is 0.275 e. The summed E-state index contributed by atoms with van der Waals surface area (Å²) >= 11 is 0. The number of aromatic nitrogens is 3. The average Bonchev–Trinajstić information content (AvgIpc) is 3.28. The van der Waals surface area contributed by atoms with Gasteiger partial charge in [-0.05, 0) is 30.7 Å². The SMILES string of the molecule is CCCN1C(=O)c2n[nH]c(-c3ccco3)c2C1c1ccccn1. The van der Waals surface area contributed by atoms with Gasteiger partial charge in [-0.1, -0.05) is 13.0 Å². The number of nitrogens with one attached hydrogen (secondary N) is 1. The molecule has 6 heteroatoms. The molecule has 0 saturated heterocycles. The van der Waals surface area contributed by atoms with Gasteiger partial charge in [0.2, 0.25) is 0 Å². The Kier molecular flexibility index (Phi) is 3.22. The first-order valence-corrected chi connectivity index (χ1v) is 7.65. The molecule has 0 saturated carbocycles. The minimum atomic E-state index is -0.238. The predicted molar refractivity (Wildman–Crippen MR) is 83.7 cm³/mol. The van der Waals surface area contributed by atoms with E-state index in [1.54, 1.807) is 12.5 Å². The molecule has 0 aromatic carbocycles. The standard InChI is InChI=1S/C17H16N4O2/c1-2-9-21-16(11-6-3-4-8-18-11)13-14(12-7-5-10-23-12)19-20-15(13)17(21)22/h3-8,10,16H,2,9H2,1H3,(H,19,20). The van der Waals surface area contributed by atoms with Gasteiger partial charge in [0.05, 0.1) is 12.0 Å². The fraction of sp³-hybridized carbons (Fsp3) is 0.235. The highest BCUT2D eigenvalue weighted by atomic mass is 16.3. The lowest BCUT2D eigenvalue weighted by atomic mass is 10.0. The fourth-order valence-corrected chi connectivity index (χ4v) is 3.11. The zero-order valence-corrected chi connectivity index (χ0v) is 12.7. The lowest BCUT2D eigenvalue weighted by Gasteiger charge is -2.24. The molecule has 6 nitrogen and oxygen atoms in total. The van der Waals surface area contributed by atoms with Gasteiger partial charge < -0.3 is 9.32 Å². The third kappa shape index (κ3) is 2.06. The number of hydrogen-bond donors (Lipinski definition) is 1. The minimum absolute atomic E-state index is 0.0634. The van der Waals surface area contributed by atoms with Crippen LogP contribution in [0.2, 0.25) is 0 Å². The Morgan fingerprint density at radius 2 is 2.22 bits per heavy atom. The topological polar surface area (TPSA) is 75.0 Å². The molecule has 1 aliphatic heterocycles. The molecular weight excluding hydrogens is 292 g/mol. The highest BCUT2D eigenvalue weighted by Gasteiger charge is 2.43. The van der Waals surface area contributed by atoms with Crippen LogP contribution in [0.3, 0.4) is 0 Å². The molecule has 4 rings (SSSR count). The number of aromatic amines is 1. The monoisotopic (exact) mass is 308 g/mol. The third-order valence-corrected chi connectivity index (χ3v) is 4.05. The number of fused-ring (bicyclic) bond motifs is 1. The summed E-state index contributed by atoms with van der Waals surface area (Å²) in [6.07, 6.45) is 4.23. The third-order valence-electron chi connectivity index (χ3n) is 4.05. The number of hydrogen-bond acceptors (Lipinski definition) is 4. The van der Waals surface area contributed by atoms with E-state index in [1.165, 1.54) is 0 Å². The Morgan fingerprint density at radius 1 is 1.30 bits per heavy atom. The Balaban J connectivity index is 1.90. The van der Waals surface area contributed by atoms with Gasteiger partial charge in [-0.25, -0.2) is 0 Å². The van der Waals surface area contributed by atoms with Crippen LogP contribution in [-0.4, -0.2) is 32.5 Å². The van der Waals surface area contributed by atoms with Crippen molar-refractivity contribution in [2.24, 2.45) is 0 Å². The van der Waals surface area contributed by atoms with Gasteiger partial charge in [-0.2, -0.15) is 5.10 Å². The zero-order valence-electron chi connectivity index (χ0n) is 12.7. The molecule has 1 atom stereocenters. The van der Waals surface area contributed by atoms with E-state index in [2.05, 4.69) is 22.1 Å². The second-order valence-electron chi connectivity index (χ2n) is 5.49. The first-order valence-electron chi connectivity index (χ1n) is 7.65. The summed E-state index contributed by atoms with van der Waals surface area (Å²) in [4.78, 5) is 19.0. The van der Waals surface area contributed by atoms with Crippen LogP contribution in [0.5, 0.6) is 0 Å². The molecule has 0 fully saturated rings. The van der Waals surface area contributed by atoms with Crippen LogP contribution in [0.1, 0.15) is 41.1 Å². The molecule has 116 valence electrons. The highest BCUT2D eigenvalue weighted by Crippen LogP contribution is 2.42. The average molecular weight is 308 g/mol. The molecule has 3 aromatic heterocycles. The molecule has 0 spiro atoms. The Morgan fingerprint density at radius 3 is 2.91 bits per heavy atom. The van der Waals surface area contributed by atoms with Crippen LogP contribution in [0.15, 0.2) is 47.2 Å². The Labute approximate surface area is 133 Å². The second kappa shape index (κ2) is 5.39. The number of carbonyl (C=O) groups is 1. The van der Waals surface area contributed by atoms with E-state index in [4.69, 9.17) is 4.42 Å². The van der Waals surface area contributed by atoms with Crippen molar-refractivity contribution in [3.8, 4) is 11.5 Å². The quantitative estimate of drug-likeness (QED) is 0.804. The maximum Gasteiger partial charge on any atom is 0.275 e. The second-order valence-corrected chi connectivity index (χ2v) is 5.49. The van der Waals surface area contributed by atoms with Crippen molar-refractivity contribution >= 4 is 5.91 Å². The number of rotatable bonds is 4. The van der Waals surface area contributed by atoms with Gasteiger partial charge >= 0.3 is 0 Å². The molecular formula is C17H16N4O2. The van der Waals surface area contributed by atoms with E-state index in [9.17, 15) is 4.79 Å². The summed E-state index contributed by atoms with van der Waals surface area (Å²) in [5, 5.41) is 7.19. The number of nitrogens with zero attached hydrogens (tertiary/aromatic N) is 3. The molecule has 0 bridgehead atoms. The summed E-state index contributed by atoms with van der Waals surface area (Å²) in [5.74, 6) is 0.609. The first kappa shape index (κ1) is 13.8. The first-order chi connectivity index (χ1) is 11.3. The molecule has 0 aliphatic carbocycles. The predicted octanol–water partition coefficient (Wildman–Crippen LogP) is 3.02. The summed E-state index contributed by atoms with van der Waals surface area (Å²) in [6, 6.07) is 9.18. The summed E-state index contributed by atoms with van der Waals surface area (Å²) < 4.78 is 5.50. The number of amides is 1. The molecule has 4 heterocycles. The molecule has 1 N–H and O–H groups in total. The summed E-state index contributed by atoms with van der Waals surface area (Å²) in [7, 11) is 0. The van der Waals surface area contributed by atoms with Gasteiger partial charge in [-0.3, -0.25) is 14.9 Å². The van der Waals surface area contributed by atoms with Crippen molar-refractivity contribution in [2.75, 3.05) is 6.54 Å². The maximum atomic E-state index is 12.7. The number of H-pyrrole nitrogens is 1. The van der Waals surface area contributed by atoms with Crippen molar-refractivity contribution in [2.45, 2.75) is 19.4 Å².